The third kappa shape index (κ3) is 2.63. The van der Waals surface area contributed by atoms with E-state index >= 15 is 0 Å². The van der Waals surface area contributed by atoms with Crippen molar-refractivity contribution in [2.75, 3.05) is 12.8 Å². The van der Waals surface area contributed by atoms with Gasteiger partial charge in [-0.15, -0.1) is 0 Å². The van der Waals surface area contributed by atoms with Crippen LogP contribution in [0.5, 0.6) is 5.75 Å². The Morgan fingerprint density at radius 1 is 1.41 bits per heavy atom. The summed E-state index contributed by atoms with van der Waals surface area (Å²) in [5.74, 6) is 0.646. The zero-order valence-corrected chi connectivity index (χ0v) is 9.43. The molecule has 2 rings (SSSR count). The molecule has 5 heteroatoms. The van der Waals surface area contributed by atoms with Gasteiger partial charge < -0.3 is 15.5 Å². The Kier molecular flexibility index (Phi) is 3.09. The van der Waals surface area contributed by atoms with Gasteiger partial charge in [0.25, 0.3) is 5.56 Å². The summed E-state index contributed by atoms with van der Waals surface area (Å²) in [6, 6.07) is 7.00. The van der Waals surface area contributed by atoms with Crippen molar-refractivity contribution in [3.63, 3.8) is 0 Å². The molecule has 3 N–H and O–H groups in total. The predicted molar refractivity (Wildman–Crippen MR) is 65.1 cm³/mol. The summed E-state index contributed by atoms with van der Waals surface area (Å²) >= 11 is 0. The van der Waals surface area contributed by atoms with Crippen molar-refractivity contribution < 1.29 is 4.74 Å². The Morgan fingerprint density at radius 3 is 2.88 bits per heavy atom. The van der Waals surface area contributed by atoms with Gasteiger partial charge in [0, 0.05) is 12.5 Å². The number of H-pyrrole nitrogens is 1. The van der Waals surface area contributed by atoms with E-state index in [4.69, 9.17) is 10.5 Å². The summed E-state index contributed by atoms with van der Waals surface area (Å²) < 4.78 is 5.07. The van der Waals surface area contributed by atoms with Crippen LogP contribution in [-0.4, -0.2) is 17.1 Å². The highest BCUT2D eigenvalue weighted by molar-refractivity contribution is 5.54. The smallest absolute Gasteiger partial charge is 0.250 e. The number of rotatable bonds is 3. The molecule has 1 aromatic carbocycles. The standard InChI is InChI=1S/C12H13N3O2/c1-17-11-3-2-8(5-10(11)13)4-9-6-12(16)15-7-14-9/h2-3,5-7H,4,13H2,1H3,(H,14,15,16). The zero-order valence-electron chi connectivity index (χ0n) is 9.43. The maximum Gasteiger partial charge on any atom is 0.250 e. The van der Waals surface area contributed by atoms with Crippen LogP contribution in [0.2, 0.25) is 0 Å². The summed E-state index contributed by atoms with van der Waals surface area (Å²) in [7, 11) is 1.57. The number of aromatic amines is 1. The van der Waals surface area contributed by atoms with Crippen LogP contribution in [0, 0.1) is 0 Å². The van der Waals surface area contributed by atoms with Crippen molar-refractivity contribution in [2.45, 2.75) is 6.42 Å². The van der Waals surface area contributed by atoms with Crippen LogP contribution in [0.3, 0.4) is 0 Å². The van der Waals surface area contributed by atoms with Crippen LogP contribution >= 0.6 is 0 Å². The molecular formula is C12H13N3O2. The lowest BCUT2D eigenvalue weighted by Crippen LogP contribution is -2.07. The van der Waals surface area contributed by atoms with Crippen LogP contribution in [0.25, 0.3) is 0 Å². The molecule has 0 aliphatic rings. The van der Waals surface area contributed by atoms with E-state index in [1.165, 1.54) is 12.4 Å². The van der Waals surface area contributed by atoms with Gasteiger partial charge >= 0.3 is 0 Å². The van der Waals surface area contributed by atoms with Gasteiger partial charge in [-0.3, -0.25) is 4.79 Å². The molecule has 0 aliphatic carbocycles. The number of aromatic nitrogens is 2. The van der Waals surface area contributed by atoms with Crippen LogP contribution in [-0.2, 0) is 6.42 Å². The van der Waals surface area contributed by atoms with Crippen molar-refractivity contribution in [3.05, 3.63) is 52.2 Å². The lowest BCUT2D eigenvalue weighted by atomic mass is 10.1. The number of ether oxygens (including phenoxy) is 1. The SMILES string of the molecule is COc1ccc(Cc2cc(=O)[nH]cn2)cc1N. The first kappa shape index (κ1) is 11.2. The van der Waals surface area contributed by atoms with Gasteiger partial charge in [-0.05, 0) is 17.7 Å². The van der Waals surface area contributed by atoms with Gasteiger partial charge in [-0.1, -0.05) is 6.07 Å². The van der Waals surface area contributed by atoms with Crippen LogP contribution in [0.4, 0.5) is 5.69 Å². The molecule has 0 spiro atoms. The van der Waals surface area contributed by atoms with Crippen molar-refractivity contribution >= 4 is 5.69 Å². The molecule has 0 fully saturated rings. The molecule has 1 aromatic heterocycles. The highest BCUT2D eigenvalue weighted by Crippen LogP contribution is 2.22. The monoisotopic (exact) mass is 231 g/mol. The van der Waals surface area contributed by atoms with Crippen LogP contribution < -0.4 is 16.0 Å². The normalized spacial score (nSPS) is 10.2. The number of hydrogen-bond donors (Lipinski definition) is 2. The summed E-state index contributed by atoms with van der Waals surface area (Å²) in [5, 5.41) is 0. The Bertz CT molecular complexity index is 578. The predicted octanol–water partition coefficient (Wildman–Crippen LogP) is 0.951. The Hall–Kier alpha value is -2.30. The summed E-state index contributed by atoms with van der Waals surface area (Å²) in [6.07, 6.45) is 1.96. The van der Waals surface area contributed by atoms with E-state index in [2.05, 4.69) is 9.97 Å². The second kappa shape index (κ2) is 4.69. The number of nitrogens with two attached hydrogens (primary N) is 1. The molecule has 0 amide bonds. The zero-order chi connectivity index (χ0) is 12.3. The van der Waals surface area contributed by atoms with E-state index in [-0.39, 0.29) is 5.56 Å². The quantitative estimate of drug-likeness (QED) is 0.771. The van der Waals surface area contributed by atoms with Gasteiger partial charge in [0.05, 0.1) is 24.8 Å². The average Bonchev–Trinajstić information content (AvgIpc) is 2.29. The Balaban J connectivity index is 2.25. The number of nitrogen functional groups attached to an aromatic ring is 1. The largest absolute Gasteiger partial charge is 0.495 e. The third-order valence-corrected chi connectivity index (χ3v) is 2.41. The number of methoxy groups -OCH3 is 1. The fourth-order valence-corrected chi connectivity index (χ4v) is 1.61. The fraction of sp³-hybridized carbons (Fsp3) is 0.167. The number of anilines is 1. The lowest BCUT2D eigenvalue weighted by Gasteiger charge is -2.06. The van der Waals surface area contributed by atoms with Gasteiger partial charge in [0.15, 0.2) is 0 Å². The molecular weight excluding hydrogens is 218 g/mol. The fourth-order valence-electron chi connectivity index (χ4n) is 1.61. The van der Waals surface area contributed by atoms with Crippen molar-refractivity contribution in [1.82, 2.24) is 9.97 Å². The maximum atomic E-state index is 11.1. The van der Waals surface area contributed by atoms with Gasteiger partial charge in [0.2, 0.25) is 0 Å². The topological polar surface area (TPSA) is 81.0 Å². The molecule has 2 aromatic rings. The van der Waals surface area contributed by atoms with Crippen molar-refractivity contribution in [3.8, 4) is 5.75 Å². The van der Waals surface area contributed by atoms with Crippen LogP contribution in [0.15, 0.2) is 35.4 Å². The molecule has 0 bridgehead atoms. The highest BCUT2D eigenvalue weighted by atomic mass is 16.5. The van der Waals surface area contributed by atoms with Crippen LogP contribution in [0.1, 0.15) is 11.3 Å². The minimum atomic E-state index is -0.156. The number of nitrogens with one attached hydrogen (secondary N) is 1. The van der Waals surface area contributed by atoms with E-state index in [9.17, 15) is 4.79 Å². The molecule has 0 saturated heterocycles. The molecule has 0 radical (unpaired) electrons. The van der Waals surface area contributed by atoms with E-state index in [1.807, 2.05) is 12.1 Å². The van der Waals surface area contributed by atoms with Gasteiger partial charge in [-0.2, -0.15) is 0 Å². The molecule has 88 valence electrons. The number of benzene rings is 1. The van der Waals surface area contributed by atoms with Crippen molar-refractivity contribution in [2.24, 2.45) is 0 Å². The molecule has 5 nitrogen and oxygen atoms in total. The van der Waals surface area contributed by atoms with Gasteiger partial charge in [0.1, 0.15) is 5.75 Å². The minimum Gasteiger partial charge on any atom is -0.495 e. The first-order valence-electron chi connectivity index (χ1n) is 5.15. The number of nitrogens with zero attached hydrogens (tertiary/aromatic N) is 1. The second-order valence-corrected chi connectivity index (χ2v) is 3.66. The molecule has 1 heterocycles. The molecule has 0 saturated carbocycles. The Morgan fingerprint density at radius 2 is 2.24 bits per heavy atom. The molecule has 0 aliphatic heterocycles. The van der Waals surface area contributed by atoms with Gasteiger partial charge in [-0.25, -0.2) is 4.98 Å². The van der Waals surface area contributed by atoms with E-state index in [0.29, 0.717) is 23.6 Å². The maximum absolute atomic E-state index is 11.1. The Labute approximate surface area is 98.3 Å². The molecule has 0 unspecified atom stereocenters. The number of hydrogen-bond acceptors (Lipinski definition) is 4. The lowest BCUT2D eigenvalue weighted by molar-refractivity contribution is 0.417. The molecule has 17 heavy (non-hydrogen) atoms. The summed E-state index contributed by atoms with van der Waals surface area (Å²) in [4.78, 5) is 17.7. The highest BCUT2D eigenvalue weighted by Gasteiger charge is 2.03. The molecule has 0 atom stereocenters. The summed E-state index contributed by atoms with van der Waals surface area (Å²) in [6.45, 7) is 0. The van der Waals surface area contributed by atoms with E-state index in [0.717, 1.165) is 5.56 Å². The third-order valence-electron chi connectivity index (χ3n) is 2.41. The first-order chi connectivity index (χ1) is 8.19. The van der Waals surface area contributed by atoms with Crippen molar-refractivity contribution in [1.29, 1.82) is 0 Å². The average molecular weight is 231 g/mol. The summed E-state index contributed by atoms with van der Waals surface area (Å²) in [5.41, 5.74) is 7.92. The minimum absolute atomic E-state index is 0.156. The van der Waals surface area contributed by atoms with E-state index < -0.39 is 0 Å². The van der Waals surface area contributed by atoms with E-state index in [1.54, 1.807) is 13.2 Å². The first-order valence-corrected chi connectivity index (χ1v) is 5.15. The second-order valence-electron chi connectivity index (χ2n) is 3.66.